The van der Waals surface area contributed by atoms with Crippen molar-refractivity contribution in [3.8, 4) is 0 Å². The fraction of sp³-hybridized carbons (Fsp3) is 0.714. The van der Waals surface area contributed by atoms with E-state index in [0.29, 0.717) is 19.5 Å². The van der Waals surface area contributed by atoms with Crippen LogP contribution in [0, 0.1) is 19.8 Å². The molecule has 0 aromatic carbocycles. The number of carbonyl (C=O) groups is 1. The van der Waals surface area contributed by atoms with Crippen LogP contribution >= 0.6 is 0 Å². The number of nitrogens with zero attached hydrogens (tertiary/aromatic N) is 2. The molecule has 1 heterocycles. The van der Waals surface area contributed by atoms with Gasteiger partial charge in [0, 0.05) is 18.8 Å². The van der Waals surface area contributed by atoms with Gasteiger partial charge >= 0.3 is 0 Å². The van der Waals surface area contributed by atoms with E-state index in [1.807, 2.05) is 31.5 Å². The molecule has 1 atom stereocenters. The number of hydrogen-bond acceptors (Lipinski definition) is 4. The Morgan fingerprint density at radius 1 is 1.43 bits per heavy atom. The van der Waals surface area contributed by atoms with E-state index in [9.17, 15) is 13.2 Å². The van der Waals surface area contributed by atoms with Crippen LogP contribution in [0.2, 0.25) is 0 Å². The summed E-state index contributed by atoms with van der Waals surface area (Å²) in [5, 5.41) is 7.05. The van der Waals surface area contributed by atoms with Gasteiger partial charge in [-0.3, -0.25) is 9.48 Å². The van der Waals surface area contributed by atoms with E-state index >= 15 is 0 Å². The van der Waals surface area contributed by atoms with Gasteiger partial charge in [0.2, 0.25) is 5.91 Å². The molecule has 1 aromatic heterocycles. The maximum absolute atomic E-state index is 11.6. The zero-order valence-corrected chi connectivity index (χ0v) is 14.0. The number of aryl methyl sites for hydroxylation is 2. The smallest absolute Gasteiger partial charge is 0.235 e. The number of rotatable bonds is 8. The Kier molecular flexibility index (Phi) is 6.39. The van der Waals surface area contributed by atoms with Gasteiger partial charge in [0.25, 0.3) is 0 Å². The first-order valence-electron chi connectivity index (χ1n) is 7.21. The lowest BCUT2D eigenvalue weighted by Crippen LogP contribution is -2.35. The quantitative estimate of drug-likeness (QED) is 0.778. The second-order valence-electron chi connectivity index (χ2n) is 5.61. The highest BCUT2D eigenvalue weighted by Crippen LogP contribution is 2.05. The molecule has 0 aliphatic rings. The van der Waals surface area contributed by atoms with E-state index in [4.69, 9.17) is 0 Å². The summed E-state index contributed by atoms with van der Waals surface area (Å²) in [6.45, 7) is 8.85. The number of aromatic nitrogens is 2. The lowest BCUT2D eigenvalue weighted by molar-refractivity contribution is -0.118. The Bertz CT molecular complexity index is 578. The van der Waals surface area contributed by atoms with Crippen LogP contribution in [0.25, 0.3) is 0 Å². The number of nitrogens with one attached hydrogen (secondary N) is 1. The molecule has 0 aliphatic heterocycles. The molecule has 1 amide bonds. The fourth-order valence-electron chi connectivity index (χ4n) is 2.14. The number of hydrogen-bond donors (Lipinski definition) is 1. The van der Waals surface area contributed by atoms with Crippen LogP contribution in [0.3, 0.4) is 0 Å². The Morgan fingerprint density at radius 3 is 2.62 bits per heavy atom. The fourth-order valence-corrected chi connectivity index (χ4v) is 3.41. The summed E-state index contributed by atoms with van der Waals surface area (Å²) in [6, 6.07) is 2.00. The molecule has 120 valence electrons. The summed E-state index contributed by atoms with van der Waals surface area (Å²) in [5.41, 5.74) is 2.05. The maximum Gasteiger partial charge on any atom is 0.235 e. The van der Waals surface area contributed by atoms with Gasteiger partial charge in [-0.2, -0.15) is 5.10 Å². The van der Waals surface area contributed by atoms with Gasteiger partial charge in [-0.1, -0.05) is 13.8 Å². The summed E-state index contributed by atoms with van der Waals surface area (Å²) in [5.74, 6) is -0.612. The molecular formula is C14H25N3O3S. The predicted molar refractivity (Wildman–Crippen MR) is 82.8 cm³/mol. The van der Waals surface area contributed by atoms with Gasteiger partial charge in [-0.15, -0.1) is 0 Å². The lowest BCUT2D eigenvalue weighted by atomic mass is 10.2. The third-order valence-electron chi connectivity index (χ3n) is 3.10. The molecule has 0 saturated heterocycles. The molecule has 21 heavy (non-hydrogen) atoms. The molecular weight excluding hydrogens is 290 g/mol. The number of sulfone groups is 1. The second-order valence-corrected chi connectivity index (χ2v) is 7.79. The topological polar surface area (TPSA) is 81.1 Å². The third kappa shape index (κ3) is 6.29. The summed E-state index contributed by atoms with van der Waals surface area (Å²) >= 11 is 0. The third-order valence-corrected chi connectivity index (χ3v) is 4.83. The Hall–Kier alpha value is -1.37. The summed E-state index contributed by atoms with van der Waals surface area (Å²) in [6.07, 6.45) is 0.532. The molecule has 0 fully saturated rings. The Morgan fingerprint density at radius 2 is 2.10 bits per heavy atom. The maximum atomic E-state index is 11.6. The molecule has 1 N–H and O–H groups in total. The highest BCUT2D eigenvalue weighted by Gasteiger charge is 2.16. The van der Waals surface area contributed by atoms with Gasteiger partial charge in [0.05, 0.1) is 11.4 Å². The van der Waals surface area contributed by atoms with Crippen molar-refractivity contribution in [2.75, 3.05) is 18.1 Å². The van der Waals surface area contributed by atoms with Crippen LogP contribution in [0.4, 0.5) is 0 Å². The summed E-state index contributed by atoms with van der Waals surface area (Å²) in [7, 11) is -3.27. The molecule has 0 radical (unpaired) electrons. The molecule has 1 unspecified atom stereocenters. The molecule has 0 aliphatic carbocycles. The van der Waals surface area contributed by atoms with E-state index in [2.05, 4.69) is 10.4 Å². The Balaban J connectivity index is 2.41. The monoisotopic (exact) mass is 315 g/mol. The molecule has 1 rings (SSSR count). The average Bonchev–Trinajstić information content (AvgIpc) is 2.64. The van der Waals surface area contributed by atoms with Crippen molar-refractivity contribution < 1.29 is 13.2 Å². The van der Waals surface area contributed by atoms with Crippen molar-refractivity contribution in [3.05, 3.63) is 17.5 Å². The van der Waals surface area contributed by atoms with Crippen molar-refractivity contribution in [1.29, 1.82) is 0 Å². The average molecular weight is 315 g/mol. The van der Waals surface area contributed by atoms with Crippen LogP contribution in [-0.2, 0) is 21.2 Å². The molecule has 0 spiro atoms. The van der Waals surface area contributed by atoms with E-state index < -0.39 is 21.5 Å². The molecule has 0 bridgehead atoms. The van der Waals surface area contributed by atoms with Gasteiger partial charge in [-0.05, 0) is 32.3 Å². The first-order valence-corrected chi connectivity index (χ1v) is 9.04. The zero-order chi connectivity index (χ0) is 16.0. The minimum absolute atomic E-state index is 0.0573. The molecule has 0 saturated carbocycles. The highest BCUT2D eigenvalue weighted by molar-refractivity contribution is 7.92. The molecule has 1 aromatic rings. The van der Waals surface area contributed by atoms with Crippen LogP contribution in [0.15, 0.2) is 6.07 Å². The molecule has 7 heteroatoms. The Labute approximate surface area is 126 Å². The SMILES string of the molecule is CCCS(=O)(=O)CC(=O)NCC(C)Cn1nc(C)cc1C. The summed E-state index contributed by atoms with van der Waals surface area (Å²) < 4.78 is 25.0. The van der Waals surface area contributed by atoms with Gasteiger partial charge in [0.1, 0.15) is 5.75 Å². The van der Waals surface area contributed by atoms with Crippen molar-refractivity contribution in [2.24, 2.45) is 5.92 Å². The van der Waals surface area contributed by atoms with E-state index in [0.717, 1.165) is 11.4 Å². The van der Waals surface area contributed by atoms with E-state index in [1.54, 1.807) is 6.92 Å². The van der Waals surface area contributed by atoms with Gasteiger partial charge < -0.3 is 5.32 Å². The van der Waals surface area contributed by atoms with Crippen LogP contribution < -0.4 is 5.32 Å². The minimum Gasteiger partial charge on any atom is -0.355 e. The first kappa shape index (κ1) is 17.7. The standard InChI is InChI=1S/C14H25N3O3S/c1-5-6-21(19,20)10-14(18)15-8-11(2)9-17-13(4)7-12(3)16-17/h7,11H,5-6,8-10H2,1-4H3,(H,15,18). The minimum atomic E-state index is -3.27. The zero-order valence-electron chi connectivity index (χ0n) is 13.2. The second kappa shape index (κ2) is 7.59. The van der Waals surface area contributed by atoms with Crippen LogP contribution in [0.1, 0.15) is 31.7 Å². The van der Waals surface area contributed by atoms with Crippen molar-refractivity contribution in [2.45, 2.75) is 40.7 Å². The van der Waals surface area contributed by atoms with E-state index in [1.165, 1.54) is 0 Å². The molecule has 6 nitrogen and oxygen atoms in total. The van der Waals surface area contributed by atoms with Crippen molar-refractivity contribution in [1.82, 2.24) is 15.1 Å². The van der Waals surface area contributed by atoms with Crippen LogP contribution in [0.5, 0.6) is 0 Å². The normalized spacial score (nSPS) is 13.1. The van der Waals surface area contributed by atoms with Gasteiger partial charge in [0.15, 0.2) is 9.84 Å². The van der Waals surface area contributed by atoms with Crippen molar-refractivity contribution in [3.63, 3.8) is 0 Å². The van der Waals surface area contributed by atoms with E-state index in [-0.39, 0.29) is 11.7 Å². The van der Waals surface area contributed by atoms with Crippen molar-refractivity contribution >= 4 is 15.7 Å². The number of amides is 1. The van der Waals surface area contributed by atoms with Crippen LogP contribution in [-0.4, -0.2) is 42.2 Å². The largest absolute Gasteiger partial charge is 0.355 e. The summed E-state index contributed by atoms with van der Waals surface area (Å²) in [4.78, 5) is 11.6. The van der Waals surface area contributed by atoms with Gasteiger partial charge in [-0.25, -0.2) is 8.42 Å². The highest BCUT2D eigenvalue weighted by atomic mass is 32.2. The number of carbonyl (C=O) groups excluding carboxylic acids is 1. The first-order chi connectivity index (χ1) is 9.73. The lowest BCUT2D eigenvalue weighted by Gasteiger charge is -2.14. The predicted octanol–water partition coefficient (Wildman–Crippen LogP) is 1.08.